The van der Waals surface area contributed by atoms with Gasteiger partial charge in [-0.05, 0) is 41.9 Å². The van der Waals surface area contributed by atoms with E-state index in [4.69, 9.17) is 0 Å². The summed E-state index contributed by atoms with van der Waals surface area (Å²) < 4.78 is 0.628. The van der Waals surface area contributed by atoms with Crippen LogP contribution in [-0.2, 0) is 0 Å². The maximum atomic E-state index is 11.0. The third-order valence-electron chi connectivity index (χ3n) is 3.50. The van der Waals surface area contributed by atoms with Gasteiger partial charge in [0.2, 0.25) is 0 Å². The van der Waals surface area contributed by atoms with Gasteiger partial charge in [0.15, 0.2) is 0 Å². The minimum Gasteiger partial charge on any atom is -0.377 e. The van der Waals surface area contributed by atoms with Gasteiger partial charge in [0.1, 0.15) is 11.9 Å². The summed E-state index contributed by atoms with van der Waals surface area (Å²) in [6, 6.07) is 0.449. The van der Waals surface area contributed by atoms with Crippen molar-refractivity contribution in [2.75, 3.05) is 25.0 Å². The highest BCUT2D eigenvalue weighted by atomic mass is 79.9. The number of hydrogen-bond acceptors (Lipinski definition) is 5. The molecule has 0 bridgehead atoms. The number of halogens is 1. The largest absolute Gasteiger partial charge is 0.377 e. The minimum absolute atomic E-state index is 0.00965. The Morgan fingerprint density at radius 1 is 1.63 bits per heavy atom. The Kier molecular flexibility index (Phi) is 4.71. The van der Waals surface area contributed by atoms with E-state index in [-0.39, 0.29) is 5.69 Å². The molecular weight excluding hydrogens is 312 g/mol. The molecule has 6 nitrogen and oxygen atoms in total. The maximum Gasteiger partial charge on any atom is 0.311 e. The SMILES string of the molecule is CCN1CCCC1CNc1c(Br)cncc1[N+](=O)[O-]. The fourth-order valence-electron chi connectivity index (χ4n) is 2.50. The highest BCUT2D eigenvalue weighted by Crippen LogP contribution is 2.31. The molecule has 0 aliphatic carbocycles. The van der Waals surface area contributed by atoms with Crippen molar-refractivity contribution < 1.29 is 4.92 Å². The molecule has 1 aliphatic heterocycles. The van der Waals surface area contributed by atoms with Crippen molar-refractivity contribution in [2.45, 2.75) is 25.8 Å². The molecule has 1 unspecified atom stereocenters. The first-order valence-corrected chi connectivity index (χ1v) is 7.18. The van der Waals surface area contributed by atoms with E-state index in [1.54, 1.807) is 6.20 Å². The highest BCUT2D eigenvalue weighted by Gasteiger charge is 2.24. The number of nitro groups is 1. The lowest BCUT2D eigenvalue weighted by molar-refractivity contribution is -0.384. The van der Waals surface area contributed by atoms with Gasteiger partial charge in [-0.25, -0.2) is 0 Å². The lowest BCUT2D eigenvalue weighted by atomic mass is 10.2. The number of anilines is 1. The predicted octanol–water partition coefficient (Wildman–Crippen LogP) is 2.65. The minimum atomic E-state index is -0.410. The van der Waals surface area contributed by atoms with E-state index in [2.05, 4.69) is 38.1 Å². The van der Waals surface area contributed by atoms with Crippen molar-refractivity contribution in [3.63, 3.8) is 0 Å². The van der Waals surface area contributed by atoms with Crippen molar-refractivity contribution in [3.05, 3.63) is 27.0 Å². The van der Waals surface area contributed by atoms with E-state index in [0.717, 1.165) is 26.1 Å². The molecule has 19 heavy (non-hydrogen) atoms. The molecule has 0 amide bonds. The summed E-state index contributed by atoms with van der Waals surface area (Å²) in [6.07, 6.45) is 5.18. The van der Waals surface area contributed by atoms with Crippen LogP contribution in [0.5, 0.6) is 0 Å². The van der Waals surface area contributed by atoms with E-state index in [1.807, 2.05) is 0 Å². The molecule has 104 valence electrons. The van der Waals surface area contributed by atoms with Gasteiger partial charge < -0.3 is 5.32 Å². The number of nitrogens with zero attached hydrogens (tertiary/aromatic N) is 3. The van der Waals surface area contributed by atoms with Crippen LogP contribution in [0.15, 0.2) is 16.9 Å². The fraction of sp³-hybridized carbons (Fsp3) is 0.583. The second kappa shape index (κ2) is 6.29. The molecule has 1 aromatic heterocycles. The third kappa shape index (κ3) is 3.22. The average Bonchev–Trinajstić information content (AvgIpc) is 2.84. The lowest BCUT2D eigenvalue weighted by Gasteiger charge is -2.23. The van der Waals surface area contributed by atoms with Crippen molar-refractivity contribution in [1.82, 2.24) is 9.88 Å². The van der Waals surface area contributed by atoms with Crippen LogP contribution in [-0.4, -0.2) is 40.5 Å². The smallest absolute Gasteiger partial charge is 0.311 e. The van der Waals surface area contributed by atoms with Crippen molar-refractivity contribution >= 4 is 27.3 Å². The number of likely N-dealkylation sites (tertiary alicyclic amines) is 1. The number of likely N-dealkylation sites (N-methyl/N-ethyl adjacent to an activating group) is 1. The second-order valence-electron chi connectivity index (χ2n) is 4.58. The van der Waals surface area contributed by atoms with Gasteiger partial charge >= 0.3 is 5.69 Å². The molecule has 0 aromatic carbocycles. The number of nitrogens with one attached hydrogen (secondary N) is 1. The summed E-state index contributed by atoms with van der Waals surface area (Å²) in [6.45, 7) is 4.99. The molecular formula is C12H17BrN4O2. The summed E-state index contributed by atoms with van der Waals surface area (Å²) >= 11 is 3.31. The van der Waals surface area contributed by atoms with E-state index >= 15 is 0 Å². The van der Waals surface area contributed by atoms with Crippen LogP contribution in [0.4, 0.5) is 11.4 Å². The normalized spacial score (nSPS) is 19.6. The molecule has 1 N–H and O–H groups in total. The Labute approximate surface area is 120 Å². The quantitative estimate of drug-likeness (QED) is 0.664. The second-order valence-corrected chi connectivity index (χ2v) is 5.43. The van der Waals surface area contributed by atoms with E-state index in [0.29, 0.717) is 16.2 Å². The first kappa shape index (κ1) is 14.2. The molecule has 0 spiro atoms. The molecule has 0 saturated carbocycles. The first-order valence-electron chi connectivity index (χ1n) is 6.39. The molecule has 7 heteroatoms. The highest BCUT2D eigenvalue weighted by molar-refractivity contribution is 9.10. The Bertz CT molecular complexity index is 469. The molecule has 2 heterocycles. The Balaban J connectivity index is 2.09. The van der Waals surface area contributed by atoms with Crippen LogP contribution in [0.3, 0.4) is 0 Å². The van der Waals surface area contributed by atoms with Crippen LogP contribution < -0.4 is 5.32 Å². The molecule has 1 saturated heterocycles. The van der Waals surface area contributed by atoms with Gasteiger partial charge in [0.05, 0.1) is 9.40 Å². The average molecular weight is 329 g/mol. The molecule has 2 rings (SSSR count). The van der Waals surface area contributed by atoms with Crippen LogP contribution in [0.2, 0.25) is 0 Å². The monoisotopic (exact) mass is 328 g/mol. The standard InChI is InChI=1S/C12H17BrN4O2/c1-2-16-5-3-4-9(16)6-15-12-10(13)7-14-8-11(12)17(18)19/h7-9H,2-6H2,1H3,(H,14,15). The number of pyridine rings is 1. The summed E-state index contributed by atoms with van der Waals surface area (Å²) in [5.74, 6) is 0. The summed E-state index contributed by atoms with van der Waals surface area (Å²) in [5.41, 5.74) is 0.526. The van der Waals surface area contributed by atoms with Gasteiger partial charge in [-0.3, -0.25) is 20.0 Å². The summed E-state index contributed by atoms with van der Waals surface area (Å²) in [5, 5.41) is 14.2. The van der Waals surface area contributed by atoms with Crippen LogP contribution in [0.1, 0.15) is 19.8 Å². The molecule has 0 radical (unpaired) electrons. The van der Waals surface area contributed by atoms with Gasteiger partial charge in [0.25, 0.3) is 0 Å². The zero-order valence-electron chi connectivity index (χ0n) is 10.8. The van der Waals surface area contributed by atoms with Crippen LogP contribution in [0, 0.1) is 10.1 Å². The van der Waals surface area contributed by atoms with Gasteiger partial charge in [0, 0.05) is 18.8 Å². The van der Waals surface area contributed by atoms with E-state index in [9.17, 15) is 10.1 Å². The fourth-order valence-corrected chi connectivity index (χ4v) is 2.96. The van der Waals surface area contributed by atoms with Crippen molar-refractivity contribution in [3.8, 4) is 0 Å². The molecule has 1 fully saturated rings. The molecule has 1 aliphatic rings. The number of rotatable bonds is 5. The van der Waals surface area contributed by atoms with E-state index < -0.39 is 4.92 Å². The van der Waals surface area contributed by atoms with Crippen LogP contribution >= 0.6 is 15.9 Å². The predicted molar refractivity (Wildman–Crippen MR) is 77.4 cm³/mol. The zero-order valence-corrected chi connectivity index (χ0v) is 12.4. The summed E-state index contributed by atoms with van der Waals surface area (Å²) in [7, 11) is 0. The first-order chi connectivity index (χ1) is 9.13. The third-order valence-corrected chi connectivity index (χ3v) is 4.10. The van der Waals surface area contributed by atoms with Crippen molar-refractivity contribution in [2.24, 2.45) is 0 Å². The van der Waals surface area contributed by atoms with Gasteiger partial charge in [-0.15, -0.1) is 0 Å². The maximum absolute atomic E-state index is 11.0. The number of hydrogen-bond donors (Lipinski definition) is 1. The number of aromatic nitrogens is 1. The molecule has 1 aromatic rings. The van der Waals surface area contributed by atoms with Crippen molar-refractivity contribution in [1.29, 1.82) is 0 Å². The zero-order chi connectivity index (χ0) is 13.8. The Morgan fingerprint density at radius 3 is 3.11 bits per heavy atom. The molecule has 1 atom stereocenters. The summed E-state index contributed by atoms with van der Waals surface area (Å²) in [4.78, 5) is 16.8. The van der Waals surface area contributed by atoms with Gasteiger partial charge in [-0.1, -0.05) is 6.92 Å². The van der Waals surface area contributed by atoms with Gasteiger partial charge in [-0.2, -0.15) is 0 Å². The topological polar surface area (TPSA) is 71.3 Å². The van der Waals surface area contributed by atoms with Crippen LogP contribution in [0.25, 0.3) is 0 Å². The van der Waals surface area contributed by atoms with E-state index in [1.165, 1.54) is 12.6 Å². The lowest BCUT2D eigenvalue weighted by Crippen LogP contribution is -2.34. The Hall–Kier alpha value is -1.21. The Morgan fingerprint density at radius 2 is 2.42 bits per heavy atom.